The van der Waals surface area contributed by atoms with E-state index in [0.717, 1.165) is 18.2 Å². The lowest BCUT2D eigenvalue weighted by Crippen LogP contribution is -2.60. The zero-order valence-corrected chi connectivity index (χ0v) is 15.3. The fourth-order valence-corrected chi connectivity index (χ4v) is 3.29. The molecular formula is C18H21F4N5O. The summed E-state index contributed by atoms with van der Waals surface area (Å²) >= 11 is 0. The van der Waals surface area contributed by atoms with E-state index in [1.807, 2.05) is 0 Å². The minimum absolute atomic E-state index is 0.0745. The molecule has 3 atom stereocenters. The van der Waals surface area contributed by atoms with Crippen molar-refractivity contribution >= 4 is 5.82 Å². The zero-order chi connectivity index (χ0) is 20.8. The number of rotatable bonds is 3. The Morgan fingerprint density at radius 3 is 2.50 bits per heavy atom. The molecule has 0 saturated carbocycles. The van der Waals surface area contributed by atoms with Gasteiger partial charge >= 0.3 is 6.18 Å². The van der Waals surface area contributed by atoms with Crippen LogP contribution in [0.3, 0.4) is 0 Å². The highest BCUT2D eigenvalue weighted by atomic mass is 19.4. The molecule has 0 amide bonds. The van der Waals surface area contributed by atoms with Gasteiger partial charge in [-0.25, -0.2) is 9.37 Å². The number of aliphatic hydroxyl groups is 1. The van der Waals surface area contributed by atoms with E-state index in [9.17, 15) is 22.7 Å². The summed E-state index contributed by atoms with van der Waals surface area (Å²) in [7, 11) is 1.68. The van der Waals surface area contributed by atoms with E-state index < -0.39 is 41.7 Å². The van der Waals surface area contributed by atoms with Gasteiger partial charge in [-0.05, 0) is 32.2 Å². The molecule has 2 aromatic rings. The van der Waals surface area contributed by atoms with Crippen molar-refractivity contribution in [3.8, 4) is 11.3 Å². The van der Waals surface area contributed by atoms with Crippen LogP contribution in [0.1, 0.15) is 24.2 Å². The van der Waals surface area contributed by atoms with E-state index in [0.29, 0.717) is 5.56 Å². The summed E-state index contributed by atoms with van der Waals surface area (Å²) in [6.45, 7) is 1.62. The van der Waals surface area contributed by atoms with E-state index in [2.05, 4.69) is 4.98 Å². The molecule has 152 valence electrons. The Kier molecular flexibility index (Phi) is 5.32. The average Bonchev–Trinajstić information content (AvgIpc) is 2.62. The predicted molar refractivity (Wildman–Crippen MR) is 96.3 cm³/mol. The van der Waals surface area contributed by atoms with Gasteiger partial charge in [0.1, 0.15) is 17.9 Å². The monoisotopic (exact) mass is 399 g/mol. The van der Waals surface area contributed by atoms with E-state index in [1.165, 1.54) is 17.0 Å². The Bertz CT molecular complexity index is 874. The van der Waals surface area contributed by atoms with Gasteiger partial charge in [-0.2, -0.15) is 13.2 Å². The molecule has 6 nitrogen and oxygen atoms in total. The van der Waals surface area contributed by atoms with Crippen LogP contribution < -0.4 is 16.4 Å². The number of hydrogen-bond donors (Lipinski definition) is 3. The molecule has 0 fully saturated rings. The Labute approximate surface area is 159 Å². The van der Waals surface area contributed by atoms with Crippen molar-refractivity contribution in [2.75, 3.05) is 18.5 Å². The van der Waals surface area contributed by atoms with Gasteiger partial charge in [0.25, 0.3) is 0 Å². The van der Waals surface area contributed by atoms with Gasteiger partial charge < -0.3 is 15.7 Å². The number of anilines is 1. The van der Waals surface area contributed by atoms with Gasteiger partial charge in [-0.3, -0.25) is 10.6 Å². The first kappa shape index (κ1) is 20.5. The standard InChI is InChI=1S/C18H21F4N5O/c1-9(28)8-27-16-10(15(23)26(2)17(27)24)6-7-13(25-16)14-11(18(20,21)22)4-3-5-12(14)19/h3-7,9,15,17,28H,8,23-24H2,1-2H3. The van der Waals surface area contributed by atoms with Crippen molar-refractivity contribution in [3.63, 3.8) is 0 Å². The van der Waals surface area contributed by atoms with Crippen LogP contribution in [0.25, 0.3) is 11.3 Å². The maximum absolute atomic E-state index is 14.4. The van der Waals surface area contributed by atoms with Crippen molar-refractivity contribution in [3.05, 3.63) is 47.3 Å². The van der Waals surface area contributed by atoms with Crippen LogP contribution >= 0.6 is 0 Å². The minimum atomic E-state index is -4.75. The SMILES string of the molecule is CC(O)CN1c2nc(-c3c(F)cccc3C(F)(F)F)ccc2C(N)N(C)C1N. The van der Waals surface area contributed by atoms with Crippen LogP contribution in [-0.4, -0.2) is 41.0 Å². The van der Waals surface area contributed by atoms with Crippen LogP contribution in [0.5, 0.6) is 0 Å². The third-order valence-electron chi connectivity index (χ3n) is 4.71. The first-order valence-corrected chi connectivity index (χ1v) is 8.57. The summed E-state index contributed by atoms with van der Waals surface area (Å²) < 4.78 is 54.5. The van der Waals surface area contributed by atoms with Gasteiger partial charge in [0, 0.05) is 17.7 Å². The molecule has 1 aliphatic rings. The average molecular weight is 399 g/mol. The fraction of sp³-hybridized carbons (Fsp3) is 0.389. The molecule has 5 N–H and O–H groups in total. The number of hydrogen-bond acceptors (Lipinski definition) is 6. The minimum Gasteiger partial charge on any atom is -0.392 e. The van der Waals surface area contributed by atoms with Crippen LogP contribution in [0.2, 0.25) is 0 Å². The van der Waals surface area contributed by atoms with Crippen molar-refractivity contribution < 1.29 is 22.7 Å². The molecule has 3 unspecified atom stereocenters. The summed E-state index contributed by atoms with van der Waals surface area (Å²) in [5.74, 6) is -0.821. The number of aromatic nitrogens is 1. The van der Waals surface area contributed by atoms with Crippen molar-refractivity contribution in [2.45, 2.75) is 31.7 Å². The lowest BCUT2D eigenvalue weighted by atomic mass is 10.0. The molecule has 0 spiro atoms. The number of fused-ring (bicyclic) bond motifs is 1. The Morgan fingerprint density at radius 1 is 1.21 bits per heavy atom. The van der Waals surface area contributed by atoms with Gasteiger partial charge in [0.2, 0.25) is 0 Å². The zero-order valence-electron chi connectivity index (χ0n) is 15.3. The maximum Gasteiger partial charge on any atom is 0.417 e. The number of β-amino-alcohol motifs (C(OH)–C–C–N with tert-alkyl or cyclic N) is 1. The van der Waals surface area contributed by atoms with E-state index in [-0.39, 0.29) is 18.1 Å². The highest BCUT2D eigenvalue weighted by Gasteiger charge is 2.38. The largest absolute Gasteiger partial charge is 0.417 e. The van der Waals surface area contributed by atoms with Gasteiger partial charge in [-0.1, -0.05) is 12.1 Å². The molecule has 1 aromatic heterocycles. The van der Waals surface area contributed by atoms with Crippen molar-refractivity contribution in [1.29, 1.82) is 0 Å². The third kappa shape index (κ3) is 3.55. The van der Waals surface area contributed by atoms with Gasteiger partial charge in [-0.15, -0.1) is 0 Å². The summed E-state index contributed by atoms with van der Waals surface area (Å²) in [6.07, 6.45) is -6.95. The van der Waals surface area contributed by atoms with Gasteiger partial charge in [0.05, 0.1) is 23.5 Å². The smallest absolute Gasteiger partial charge is 0.392 e. The molecule has 0 radical (unpaired) electrons. The predicted octanol–water partition coefficient (Wildman–Crippen LogP) is 2.24. The van der Waals surface area contributed by atoms with Crippen LogP contribution in [-0.2, 0) is 6.18 Å². The van der Waals surface area contributed by atoms with Gasteiger partial charge in [0.15, 0.2) is 0 Å². The van der Waals surface area contributed by atoms with Crippen LogP contribution in [0.4, 0.5) is 23.4 Å². The van der Waals surface area contributed by atoms with E-state index in [4.69, 9.17) is 11.5 Å². The molecule has 2 heterocycles. The topological polar surface area (TPSA) is 91.6 Å². The summed E-state index contributed by atoms with van der Waals surface area (Å²) in [5.41, 5.74) is 10.9. The number of alkyl halides is 3. The quantitative estimate of drug-likeness (QED) is 0.686. The second-order valence-electron chi connectivity index (χ2n) is 6.79. The molecule has 3 rings (SSSR count). The van der Waals surface area contributed by atoms with E-state index >= 15 is 0 Å². The second kappa shape index (κ2) is 7.28. The fourth-order valence-electron chi connectivity index (χ4n) is 3.29. The molecule has 10 heteroatoms. The second-order valence-corrected chi connectivity index (χ2v) is 6.79. The van der Waals surface area contributed by atoms with Crippen LogP contribution in [0, 0.1) is 5.82 Å². The number of halogens is 4. The highest BCUT2D eigenvalue weighted by Crippen LogP contribution is 2.40. The lowest BCUT2D eigenvalue weighted by Gasteiger charge is -2.45. The Morgan fingerprint density at radius 2 is 1.89 bits per heavy atom. The Hall–Kier alpha value is -2.27. The summed E-state index contributed by atoms with van der Waals surface area (Å²) in [5, 5.41) is 9.80. The first-order chi connectivity index (χ1) is 13.0. The Balaban J connectivity index is 2.20. The maximum atomic E-state index is 14.4. The highest BCUT2D eigenvalue weighted by molar-refractivity contribution is 5.69. The molecule has 0 bridgehead atoms. The van der Waals surface area contributed by atoms with Crippen molar-refractivity contribution in [1.82, 2.24) is 9.88 Å². The number of aliphatic hydroxyl groups excluding tert-OH is 1. The molecule has 0 aliphatic carbocycles. The molecular weight excluding hydrogens is 378 g/mol. The molecule has 28 heavy (non-hydrogen) atoms. The summed E-state index contributed by atoms with van der Waals surface area (Å²) in [6, 6.07) is 5.56. The molecule has 1 aromatic carbocycles. The number of benzene rings is 1. The summed E-state index contributed by atoms with van der Waals surface area (Å²) in [4.78, 5) is 7.44. The number of nitrogens with zero attached hydrogens (tertiary/aromatic N) is 3. The van der Waals surface area contributed by atoms with E-state index in [1.54, 1.807) is 18.9 Å². The molecule has 1 aliphatic heterocycles. The first-order valence-electron chi connectivity index (χ1n) is 8.57. The van der Waals surface area contributed by atoms with Crippen LogP contribution in [0.15, 0.2) is 30.3 Å². The third-order valence-corrected chi connectivity index (χ3v) is 4.71. The lowest BCUT2D eigenvalue weighted by molar-refractivity contribution is -0.137. The number of pyridine rings is 1. The normalized spacial score (nSPS) is 21.5. The van der Waals surface area contributed by atoms with Crippen molar-refractivity contribution in [2.24, 2.45) is 11.5 Å². The molecule has 0 saturated heterocycles. The number of nitrogens with two attached hydrogens (primary N) is 2.